The van der Waals surface area contributed by atoms with Crippen LogP contribution < -0.4 is 4.90 Å². The number of amides is 1. The fraction of sp³-hybridized carbons (Fsp3) is 0.154. The number of thiazole rings is 1. The van der Waals surface area contributed by atoms with Crippen LogP contribution in [-0.4, -0.2) is 28.5 Å². The fourth-order valence-corrected chi connectivity index (χ4v) is 2.83. The van der Waals surface area contributed by atoms with E-state index in [4.69, 9.17) is 0 Å². The molecule has 1 aromatic carbocycles. The number of anilines is 1. The average Bonchev–Trinajstić information content (AvgIpc) is 3.05. The number of benzene rings is 1. The number of carboxylic acid groups (broad SMARTS) is 1. The van der Waals surface area contributed by atoms with Crippen molar-refractivity contribution in [3.8, 4) is 0 Å². The first-order chi connectivity index (χ1) is 9.18. The molecule has 1 atom stereocenters. The molecule has 6 heteroatoms. The van der Waals surface area contributed by atoms with Crippen molar-refractivity contribution >= 4 is 28.9 Å². The molecule has 96 valence electrons. The fourth-order valence-electron chi connectivity index (χ4n) is 2.27. The van der Waals surface area contributed by atoms with Gasteiger partial charge in [0.15, 0.2) is 0 Å². The molecule has 1 aromatic heterocycles. The molecule has 1 amide bonds. The first kappa shape index (κ1) is 11.9. The third-order valence-electron chi connectivity index (χ3n) is 3.15. The molecule has 1 aliphatic rings. The maximum Gasteiger partial charge on any atom is 0.312 e. The Morgan fingerprint density at radius 3 is 2.84 bits per heavy atom. The van der Waals surface area contributed by atoms with Gasteiger partial charge >= 0.3 is 5.97 Å². The van der Waals surface area contributed by atoms with Crippen LogP contribution in [0.3, 0.4) is 0 Å². The van der Waals surface area contributed by atoms with Gasteiger partial charge in [-0.2, -0.15) is 0 Å². The Balaban J connectivity index is 2.01. The summed E-state index contributed by atoms with van der Waals surface area (Å²) in [7, 11) is 0. The summed E-state index contributed by atoms with van der Waals surface area (Å²) in [5, 5.41) is 9.24. The molecule has 0 saturated heterocycles. The Bertz CT molecular complexity index is 639. The second-order valence-electron chi connectivity index (χ2n) is 4.23. The number of aromatic nitrogens is 1. The summed E-state index contributed by atoms with van der Waals surface area (Å²) < 4.78 is 0. The van der Waals surface area contributed by atoms with Crippen LogP contribution in [0.5, 0.6) is 0 Å². The number of para-hydroxylation sites is 1. The predicted octanol–water partition coefficient (Wildman–Crippen LogP) is 1.97. The van der Waals surface area contributed by atoms with Crippen molar-refractivity contribution in [1.29, 1.82) is 0 Å². The number of carbonyl (C=O) groups is 2. The standard InChI is InChI=1S/C13H10N2O3S/c16-12(11-5-14-7-19-11)15-6-9(13(17)18)8-3-1-2-4-10(8)15/h1-5,7,9H,6H2,(H,17,18). The molecule has 0 aliphatic carbocycles. The van der Waals surface area contributed by atoms with Crippen molar-refractivity contribution in [2.75, 3.05) is 11.4 Å². The number of carbonyl (C=O) groups excluding carboxylic acids is 1. The summed E-state index contributed by atoms with van der Waals surface area (Å²) in [6, 6.07) is 7.12. The van der Waals surface area contributed by atoms with E-state index in [9.17, 15) is 14.7 Å². The number of hydrogen-bond donors (Lipinski definition) is 1. The number of aliphatic carboxylic acids is 1. The lowest BCUT2D eigenvalue weighted by Gasteiger charge is -2.15. The van der Waals surface area contributed by atoms with Crippen molar-refractivity contribution in [3.63, 3.8) is 0 Å². The van der Waals surface area contributed by atoms with Crippen molar-refractivity contribution < 1.29 is 14.7 Å². The van der Waals surface area contributed by atoms with Crippen molar-refractivity contribution in [1.82, 2.24) is 4.98 Å². The van der Waals surface area contributed by atoms with Crippen LogP contribution in [-0.2, 0) is 4.79 Å². The maximum atomic E-state index is 12.3. The summed E-state index contributed by atoms with van der Waals surface area (Å²) in [5.41, 5.74) is 2.95. The molecule has 1 aliphatic heterocycles. The van der Waals surface area contributed by atoms with Crippen LogP contribution in [0.4, 0.5) is 5.69 Å². The Kier molecular flexibility index (Phi) is 2.79. The van der Waals surface area contributed by atoms with Crippen LogP contribution in [0.2, 0.25) is 0 Å². The van der Waals surface area contributed by atoms with E-state index in [2.05, 4.69) is 4.98 Å². The first-order valence-electron chi connectivity index (χ1n) is 5.70. The van der Waals surface area contributed by atoms with Crippen molar-refractivity contribution in [2.45, 2.75) is 5.92 Å². The lowest BCUT2D eigenvalue weighted by molar-refractivity contribution is -0.138. The number of carboxylic acids is 1. The van der Waals surface area contributed by atoms with Crippen LogP contribution in [0.15, 0.2) is 36.0 Å². The largest absolute Gasteiger partial charge is 0.481 e. The van der Waals surface area contributed by atoms with E-state index in [1.54, 1.807) is 29.8 Å². The molecule has 0 bridgehead atoms. The Hall–Kier alpha value is -2.21. The molecule has 1 N–H and O–H groups in total. The van der Waals surface area contributed by atoms with Gasteiger partial charge in [0.05, 0.1) is 11.7 Å². The molecular weight excluding hydrogens is 264 g/mol. The summed E-state index contributed by atoms with van der Waals surface area (Å²) in [6.45, 7) is 0.172. The minimum absolute atomic E-state index is 0.172. The van der Waals surface area contributed by atoms with Gasteiger partial charge in [-0.15, -0.1) is 11.3 Å². The molecule has 5 nitrogen and oxygen atoms in total. The highest BCUT2D eigenvalue weighted by molar-refractivity contribution is 7.11. The van der Waals surface area contributed by atoms with Crippen LogP contribution in [0.1, 0.15) is 21.2 Å². The predicted molar refractivity (Wildman–Crippen MR) is 70.6 cm³/mol. The summed E-state index contributed by atoms with van der Waals surface area (Å²) in [5.74, 6) is -1.76. The van der Waals surface area contributed by atoms with E-state index in [0.717, 1.165) is 0 Å². The minimum atomic E-state index is -0.910. The first-order valence-corrected chi connectivity index (χ1v) is 6.58. The van der Waals surface area contributed by atoms with Gasteiger partial charge in [-0.3, -0.25) is 14.6 Å². The molecule has 0 spiro atoms. The Labute approximate surface area is 113 Å². The van der Waals surface area contributed by atoms with Crippen LogP contribution in [0.25, 0.3) is 0 Å². The molecule has 0 radical (unpaired) electrons. The number of rotatable bonds is 2. The number of fused-ring (bicyclic) bond motifs is 1. The normalized spacial score (nSPS) is 17.3. The number of hydrogen-bond acceptors (Lipinski definition) is 4. The second kappa shape index (κ2) is 4.47. The van der Waals surface area contributed by atoms with Gasteiger partial charge in [-0.25, -0.2) is 0 Å². The van der Waals surface area contributed by atoms with Gasteiger partial charge in [0, 0.05) is 12.2 Å². The van der Waals surface area contributed by atoms with Gasteiger partial charge in [0.1, 0.15) is 10.8 Å². The molecule has 19 heavy (non-hydrogen) atoms. The number of nitrogens with zero attached hydrogens (tertiary/aromatic N) is 2. The van der Waals surface area contributed by atoms with Gasteiger partial charge in [-0.05, 0) is 11.6 Å². The van der Waals surface area contributed by atoms with Gasteiger partial charge < -0.3 is 10.0 Å². The van der Waals surface area contributed by atoms with E-state index < -0.39 is 11.9 Å². The van der Waals surface area contributed by atoms with E-state index in [1.807, 2.05) is 0 Å². The van der Waals surface area contributed by atoms with E-state index in [0.29, 0.717) is 16.1 Å². The highest BCUT2D eigenvalue weighted by Gasteiger charge is 2.36. The minimum Gasteiger partial charge on any atom is -0.481 e. The average molecular weight is 274 g/mol. The highest BCUT2D eigenvalue weighted by Crippen LogP contribution is 2.37. The van der Waals surface area contributed by atoms with Gasteiger partial charge in [0.25, 0.3) is 5.91 Å². The quantitative estimate of drug-likeness (QED) is 0.909. The van der Waals surface area contributed by atoms with Crippen LogP contribution >= 0.6 is 11.3 Å². The van der Waals surface area contributed by atoms with Gasteiger partial charge in [-0.1, -0.05) is 18.2 Å². The molecular formula is C13H10N2O3S. The topological polar surface area (TPSA) is 70.5 Å². The lowest BCUT2D eigenvalue weighted by Crippen LogP contribution is -2.30. The van der Waals surface area contributed by atoms with E-state index in [-0.39, 0.29) is 12.5 Å². The monoisotopic (exact) mass is 274 g/mol. The summed E-state index contributed by atoms with van der Waals surface area (Å²) in [6.07, 6.45) is 1.50. The summed E-state index contributed by atoms with van der Waals surface area (Å²) in [4.78, 5) is 29.5. The third kappa shape index (κ3) is 1.90. The van der Waals surface area contributed by atoms with Crippen molar-refractivity contribution in [2.24, 2.45) is 0 Å². The lowest BCUT2D eigenvalue weighted by atomic mass is 10.0. The van der Waals surface area contributed by atoms with E-state index in [1.165, 1.54) is 22.4 Å². The van der Waals surface area contributed by atoms with Crippen molar-refractivity contribution in [3.05, 3.63) is 46.4 Å². The smallest absolute Gasteiger partial charge is 0.312 e. The molecule has 3 rings (SSSR count). The zero-order chi connectivity index (χ0) is 13.4. The third-order valence-corrected chi connectivity index (χ3v) is 3.92. The maximum absolute atomic E-state index is 12.3. The molecule has 1 unspecified atom stereocenters. The second-order valence-corrected chi connectivity index (χ2v) is 5.12. The summed E-state index contributed by atoms with van der Waals surface area (Å²) >= 11 is 1.25. The Morgan fingerprint density at radius 1 is 1.37 bits per heavy atom. The highest BCUT2D eigenvalue weighted by atomic mass is 32.1. The Morgan fingerprint density at radius 2 is 2.16 bits per heavy atom. The van der Waals surface area contributed by atoms with Crippen LogP contribution in [0, 0.1) is 0 Å². The molecule has 0 saturated carbocycles. The molecule has 2 heterocycles. The molecule has 0 fully saturated rings. The SMILES string of the molecule is O=C(O)C1CN(C(=O)c2cncs2)c2ccccc21. The zero-order valence-electron chi connectivity index (χ0n) is 9.81. The zero-order valence-corrected chi connectivity index (χ0v) is 10.6. The van der Waals surface area contributed by atoms with E-state index >= 15 is 0 Å². The molecule has 2 aromatic rings. The van der Waals surface area contributed by atoms with Gasteiger partial charge in [0.2, 0.25) is 0 Å².